The molecule has 2 nitrogen and oxygen atoms in total. The molecular weight excluding hydrogens is 198 g/mol. The van der Waals surface area contributed by atoms with Crippen LogP contribution in [0.2, 0.25) is 0 Å². The number of nitrogens with two attached hydrogens (primary N) is 1. The van der Waals surface area contributed by atoms with E-state index < -0.39 is 6.10 Å². The van der Waals surface area contributed by atoms with E-state index in [2.05, 4.69) is 20.8 Å². The van der Waals surface area contributed by atoms with Crippen LogP contribution < -0.4 is 5.73 Å². The molecule has 0 aromatic heterocycles. The van der Waals surface area contributed by atoms with Crippen molar-refractivity contribution in [3.8, 4) is 0 Å². The maximum absolute atomic E-state index is 10.2. The van der Waals surface area contributed by atoms with Gasteiger partial charge >= 0.3 is 0 Å². The Labute approximate surface area is 98.5 Å². The molecule has 1 aromatic carbocycles. The molecule has 0 aliphatic rings. The van der Waals surface area contributed by atoms with Gasteiger partial charge in [-0.15, -0.1) is 0 Å². The molecule has 0 fully saturated rings. The fourth-order valence-corrected chi connectivity index (χ4v) is 1.68. The van der Waals surface area contributed by atoms with Crippen molar-refractivity contribution >= 4 is 0 Å². The Balaban J connectivity index is 2.73. The molecule has 0 heterocycles. The van der Waals surface area contributed by atoms with Gasteiger partial charge in [-0.3, -0.25) is 0 Å². The minimum absolute atomic E-state index is 0.00195. The van der Waals surface area contributed by atoms with E-state index in [0.717, 1.165) is 11.1 Å². The number of aliphatic hydroxyl groups is 1. The van der Waals surface area contributed by atoms with Crippen LogP contribution in [0, 0.1) is 12.3 Å². The van der Waals surface area contributed by atoms with Crippen LogP contribution in [0.3, 0.4) is 0 Å². The fourth-order valence-electron chi connectivity index (χ4n) is 1.68. The first-order valence-corrected chi connectivity index (χ1v) is 5.81. The van der Waals surface area contributed by atoms with Crippen molar-refractivity contribution in [3.63, 3.8) is 0 Å². The van der Waals surface area contributed by atoms with E-state index in [1.165, 1.54) is 0 Å². The van der Waals surface area contributed by atoms with Crippen LogP contribution in [0.5, 0.6) is 0 Å². The Morgan fingerprint density at radius 2 is 1.81 bits per heavy atom. The second-order valence-corrected chi connectivity index (χ2v) is 5.58. The molecule has 0 saturated heterocycles. The molecule has 90 valence electrons. The third-order valence-electron chi connectivity index (χ3n) is 3.14. The van der Waals surface area contributed by atoms with Crippen molar-refractivity contribution < 1.29 is 5.11 Å². The van der Waals surface area contributed by atoms with Gasteiger partial charge < -0.3 is 10.8 Å². The van der Waals surface area contributed by atoms with Crippen molar-refractivity contribution in [2.75, 3.05) is 0 Å². The number of aryl methyl sites for hydroxylation is 1. The zero-order valence-corrected chi connectivity index (χ0v) is 10.7. The van der Waals surface area contributed by atoms with Crippen LogP contribution >= 0.6 is 0 Å². The Morgan fingerprint density at radius 3 is 2.31 bits per heavy atom. The Morgan fingerprint density at radius 1 is 1.25 bits per heavy atom. The SMILES string of the molecule is Cc1ccccc1[C@H](O)C[C@@H](N)C(C)(C)C. The van der Waals surface area contributed by atoms with Gasteiger partial charge in [-0.05, 0) is 29.9 Å². The van der Waals surface area contributed by atoms with E-state index >= 15 is 0 Å². The number of hydrogen-bond acceptors (Lipinski definition) is 2. The average Bonchev–Trinajstić information content (AvgIpc) is 2.16. The first kappa shape index (κ1) is 13.2. The number of aliphatic hydroxyl groups excluding tert-OH is 1. The molecule has 0 unspecified atom stereocenters. The van der Waals surface area contributed by atoms with Crippen molar-refractivity contribution in [2.45, 2.75) is 46.3 Å². The molecule has 1 aromatic rings. The molecule has 0 radical (unpaired) electrons. The molecule has 0 aliphatic heterocycles. The molecule has 0 aliphatic carbocycles. The van der Waals surface area contributed by atoms with Gasteiger partial charge in [-0.1, -0.05) is 45.0 Å². The van der Waals surface area contributed by atoms with Gasteiger partial charge in [0.2, 0.25) is 0 Å². The fraction of sp³-hybridized carbons (Fsp3) is 0.571. The standard InChI is InChI=1S/C14H23NO/c1-10-7-5-6-8-11(10)12(16)9-13(15)14(2,3)4/h5-8,12-13,16H,9,15H2,1-4H3/t12-,13-/m1/s1. The topological polar surface area (TPSA) is 46.2 Å². The Bertz CT molecular complexity index is 341. The molecule has 0 spiro atoms. The third-order valence-corrected chi connectivity index (χ3v) is 3.14. The Kier molecular flexibility index (Phi) is 4.11. The number of hydrogen-bond donors (Lipinski definition) is 2. The number of rotatable bonds is 3. The van der Waals surface area contributed by atoms with Crippen molar-refractivity contribution in [2.24, 2.45) is 11.1 Å². The first-order chi connectivity index (χ1) is 7.32. The summed E-state index contributed by atoms with van der Waals surface area (Å²) in [6.45, 7) is 8.31. The summed E-state index contributed by atoms with van der Waals surface area (Å²) in [5.74, 6) is 0. The monoisotopic (exact) mass is 221 g/mol. The predicted molar refractivity (Wildman–Crippen MR) is 68.2 cm³/mol. The van der Waals surface area contributed by atoms with Gasteiger partial charge in [0.1, 0.15) is 0 Å². The Hall–Kier alpha value is -0.860. The lowest BCUT2D eigenvalue weighted by Gasteiger charge is -2.29. The molecule has 2 atom stereocenters. The zero-order valence-electron chi connectivity index (χ0n) is 10.7. The van der Waals surface area contributed by atoms with Gasteiger partial charge in [0.15, 0.2) is 0 Å². The molecule has 3 N–H and O–H groups in total. The summed E-state index contributed by atoms with van der Waals surface area (Å²) in [4.78, 5) is 0. The quantitative estimate of drug-likeness (QED) is 0.824. The summed E-state index contributed by atoms with van der Waals surface area (Å²) in [5.41, 5.74) is 8.22. The molecule has 0 amide bonds. The lowest BCUT2D eigenvalue weighted by Crippen LogP contribution is -2.36. The number of benzene rings is 1. The lowest BCUT2D eigenvalue weighted by molar-refractivity contribution is 0.133. The molecular formula is C14H23NO. The van der Waals surface area contributed by atoms with Crippen LogP contribution in [-0.2, 0) is 0 Å². The summed E-state index contributed by atoms with van der Waals surface area (Å²) in [7, 11) is 0. The second-order valence-electron chi connectivity index (χ2n) is 5.58. The highest BCUT2D eigenvalue weighted by molar-refractivity contribution is 5.27. The largest absolute Gasteiger partial charge is 0.388 e. The molecule has 16 heavy (non-hydrogen) atoms. The summed E-state index contributed by atoms with van der Waals surface area (Å²) in [6.07, 6.45) is 0.143. The van der Waals surface area contributed by atoms with Crippen LogP contribution in [0.25, 0.3) is 0 Å². The summed E-state index contributed by atoms with van der Waals surface area (Å²) < 4.78 is 0. The molecule has 0 saturated carbocycles. The van der Waals surface area contributed by atoms with Crippen molar-refractivity contribution in [1.82, 2.24) is 0 Å². The van der Waals surface area contributed by atoms with Crippen molar-refractivity contribution in [1.29, 1.82) is 0 Å². The van der Waals surface area contributed by atoms with Gasteiger partial charge in [-0.25, -0.2) is 0 Å². The highest BCUT2D eigenvalue weighted by Gasteiger charge is 2.24. The highest BCUT2D eigenvalue weighted by Crippen LogP contribution is 2.27. The molecule has 2 heteroatoms. The predicted octanol–water partition coefficient (Wildman–Crippen LogP) is 2.79. The maximum Gasteiger partial charge on any atom is 0.0807 e. The van der Waals surface area contributed by atoms with Crippen LogP contribution in [-0.4, -0.2) is 11.1 Å². The minimum Gasteiger partial charge on any atom is -0.388 e. The average molecular weight is 221 g/mol. The van der Waals surface area contributed by atoms with Crippen LogP contribution in [0.15, 0.2) is 24.3 Å². The second kappa shape index (κ2) is 4.98. The molecule has 1 rings (SSSR count). The first-order valence-electron chi connectivity index (χ1n) is 5.81. The summed E-state index contributed by atoms with van der Waals surface area (Å²) in [6, 6.07) is 7.92. The summed E-state index contributed by atoms with van der Waals surface area (Å²) in [5, 5.41) is 10.2. The van der Waals surface area contributed by atoms with E-state index in [9.17, 15) is 5.11 Å². The maximum atomic E-state index is 10.2. The van der Waals surface area contributed by atoms with E-state index in [-0.39, 0.29) is 11.5 Å². The van der Waals surface area contributed by atoms with E-state index in [0.29, 0.717) is 6.42 Å². The third kappa shape index (κ3) is 3.32. The normalized spacial score (nSPS) is 15.9. The van der Waals surface area contributed by atoms with Gasteiger partial charge in [0, 0.05) is 6.04 Å². The molecule has 0 bridgehead atoms. The summed E-state index contributed by atoms with van der Waals surface area (Å²) >= 11 is 0. The van der Waals surface area contributed by atoms with E-state index in [1.807, 2.05) is 31.2 Å². The van der Waals surface area contributed by atoms with Gasteiger partial charge in [-0.2, -0.15) is 0 Å². The highest BCUT2D eigenvalue weighted by atomic mass is 16.3. The minimum atomic E-state index is -0.463. The smallest absolute Gasteiger partial charge is 0.0807 e. The van der Waals surface area contributed by atoms with Gasteiger partial charge in [0.25, 0.3) is 0 Å². The van der Waals surface area contributed by atoms with E-state index in [1.54, 1.807) is 0 Å². The van der Waals surface area contributed by atoms with E-state index in [4.69, 9.17) is 5.73 Å². The van der Waals surface area contributed by atoms with Gasteiger partial charge in [0.05, 0.1) is 6.10 Å². The zero-order chi connectivity index (χ0) is 12.3. The van der Waals surface area contributed by atoms with Crippen molar-refractivity contribution in [3.05, 3.63) is 35.4 Å². The van der Waals surface area contributed by atoms with Crippen LogP contribution in [0.4, 0.5) is 0 Å². The van der Waals surface area contributed by atoms with Crippen LogP contribution in [0.1, 0.15) is 44.4 Å². The lowest BCUT2D eigenvalue weighted by atomic mass is 9.83.